The largest absolute Gasteiger partial charge is 0.481 e. The topological polar surface area (TPSA) is 50.2 Å². The van der Waals surface area contributed by atoms with Crippen LogP contribution in [-0.2, 0) is 17.1 Å². The van der Waals surface area contributed by atoms with Gasteiger partial charge in [0.25, 0.3) is 6.43 Å². The van der Waals surface area contributed by atoms with E-state index >= 15 is 0 Å². The number of alkyl halides is 3. The quantitative estimate of drug-likeness (QED) is 0.869. The summed E-state index contributed by atoms with van der Waals surface area (Å²) in [5.74, 6) is -1.15. The Bertz CT molecular complexity index is 415. The van der Waals surface area contributed by atoms with Gasteiger partial charge in [-0.15, -0.1) is 11.6 Å². The number of hydrogen-bond acceptors (Lipinski definition) is 2. The predicted octanol–water partition coefficient (Wildman–Crippen LogP) is 3.15. The first kappa shape index (κ1) is 13.3. The highest BCUT2D eigenvalue weighted by Crippen LogP contribution is 2.29. The fourth-order valence-electron chi connectivity index (χ4n) is 1.17. The lowest BCUT2D eigenvalue weighted by molar-refractivity contribution is -0.136. The van der Waals surface area contributed by atoms with Crippen LogP contribution in [0.5, 0.6) is 0 Å². The summed E-state index contributed by atoms with van der Waals surface area (Å²) in [5.41, 5.74) is -0.000679. The monoisotopic (exact) mass is 313 g/mol. The molecule has 0 atom stereocenters. The van der Waals surface area contributed by atoms with Crippen molar-refractivity contribution < 1.29 is 18.7 Å². The molecule has 1 heterocycles. The Balaban J connectivity index is 3.25. The average Bonchev–Trinajstić information content (AvgIpc) is 2.19. The fourth-order valence-corrected chi connectivity index (χ4v) is 1.82. The molecular weight excluding hydrogens is 307 g/mol. The van der Waals surface area contributed by atoms with E-state index in [0.717, 1.165) is 0 Å². The van der Waals surface area contributed by atoms with Crippen molar-refractivity contribution in [2.24, 2.45) is 0 Å². The highest BCUT2D eigenvalue weighted by molar-refractivity contribution is 9.10. The molecule has 0 aliphatic carbocycles. The smallest absolute Gasteiger partial charge is 0.307 e. The molecule has 16 heavy (non-hydrogen) atoms. The second-order valence-electron chi connectivity index (χ2n) is 2.98. The maximum atomic E-state index is 12.6. The molecule has 7 heteroatoms. The summed E-state index contributed by atoms with van der Waals surface area (Å²) >= 11 is 8.42. The van der Waals surface area contributed by atoms with Crippen LogP contribution in [0.15, 0.2) is 10.5 Å². The zero-order valence-electron chi connectivity index (χ0n) is 7.88. The normalized spacial score (nSPS) is 10.8. The number of carboxylic acids is 1. The minimum Gasteiger partial charge on any atom is -0.481 e. The Morgan fingerprint density at radius 3 is 2.69 bits per heavy atom. The molecule has 1 aromatic heterocycles. The highest BCUT2D eigenvalue weighted by Gasteiger charge is 2.19. The van der Waals surface area contributed by atoms with E-state index in [-0.39, 0.29) is 28.0 Å². The summed E-state index contributed by atoms with van der Waals surface area (Å²) < 4.78 is 25.2. The van der Waals surface area contributed by atoms with Gasteiger partial charge in [-0.25, -0.2) is 13.8 Å². The number of hydrogen-bond donors (Lipinski definition) is 1. The van der Waals surface area contributed by atoms with Crippen molar-refractivity contribution in [1.82, 2.24) is 4.98 Å². The number of pyridine rings is 1. The van der Waals surface area contributed by atoms with Crippen LogP contribution in [0.1, 0.15) is 23.4 Å². The first-order valence-corrected chi connectivity index (χ1v) is 5.52. The lowest BCUT2D eigenvalue weighted by Crippen LogP contribution is -2.06. The van der Waals surface area contributed by atoms with Gasteiger partial charge in [-0.3, -0.25) is 4.79 Å². The van der Waals surface area contributed by atoms with Gasteiger partial charge in [0.05, 0.1) is 18.0 Å². The molecule has 0 amide bonds. The molecule has 1 aromatic rings. The van der Waals surface area contributed by atoms with Crippen molar-refractivity contribution in [3.63, 3.8) is 0 Å². The summed E-state index contributed by atoms with van der Waals surface area (Å²) in [6, 6.07) is 1.40. The fraction of sp³-hybridized carbons (Fsp3) is 0.333. The van der Waals surface area contributed by atoms with Crippen molar-refractivity contribution in [3.05, 3.63) is 27.5 Å². The molecule has 88 valence electrons. The number of aromatic nitrogens is 1. The Kier molecular flexibility index (Phi) is 4.61. The lowest BCUT2D eigenvalue weighted by atomic mass is 10.1. The molecule has 0 spiro atoms. The number of aliphatic carboxylic acids is 1. The number of rotatable bonds is 4. The molecule has 1 rings (SSSR count). The van der Waals surface area contributed by atoms with Crippen molar-refractivity contribution in [1.29, 1.82) is 0 Å². The number of carboxylic acid groups (broad SMARTS) is 1. The van der Waals surface area contributed by atoms with Crippen LogP contribution in [0.3, 0.4) is 0 Å². The Morgan fingerprint density at radius 2 is 2.25 bits per heavy atom. The van der Waals surface area contributed by atoms with Gasteiger partial charge in [0.1, 0.15) is 5.69 Å². The minimum absolute atomic E-state index is 0.0266. The maximum Gasteiger partial charge on any atom is 0.307 e. The number of carbonyl (C=O) groups is 1. The van der Waals surface area contributed by atoms with Gasteiger partial charge >= 0.3 is 5.97 Å². The lowest BCUT2D eigenvalue weighted by Gasteiger charge is -2.09. The Morgan fingerprint density at radius 1 is 1.62 bits per heavy atom. The van der Waals surface area contributed by atoms with Crippen LogP contribution in [0.25, 0.3) is 0 Å². The van der Waals surface area contributed by atoms with E-state index in [4.69, 9.17) is 16.7 Å². The van der Waals surface area contributed by atoms with Crippen LogP contribution in [0, 0.1) is 0 Å². The van der Waals surface area contributed by atoms with E-state index in [2.05, 4.69) is 20.9 Å². The predicted molar refractivity (Wildman–Crippen MR) is 57.8 cm³/mol. The molecule has 0 aliphatic rings. The van der Waals surface area contributed by atoms with Crippen LogP contribution in [0.2, 0.25) is 0 Å². The third-order valence-corrected chi connectivity index (χ3v) is 2.99. The van der Waals surface area contributed by atoms with E-state index in [0.29, 0.717) is 0 Å². The van der Waals surface area contributed by atoms with Gasteiger partial charge in [0, 0.05) is 4.47 Å². The third kappa shape index (κ3) is 3.12. The first-order valence-electron chi connectivity index (χ1n) is 4.19. The van der Waals surface area contributed by atoms with E-state index in [1.807, 2.05) is 0 Å². The molecule has 0 radical (unpaired) electrons. The van der Waals surface area contributed by atoms with E-state index in [1.54, 1.807) is 0 Å². The van der Waals surface area contributed by atoms with Gasteiger partial charge in [0.15, 0.2) is 0 Å². The standard InChI is InChI=1S/C9H7BrClF2NO2/c10-7-4(2-6(15)16)1-5(3-11)14-8(7)9(12)13/h1,9H,2-3H2,(H,15,16). The number of halogens is 4. The highest BCUT2D eigenvalue weighted by atomic mass is 79.9. The zero-order valence-corrected chi connectivity index (χ0v) is 10.2. The molecule has 0 fully saturated rings. The molecule has 3 nitrogen and oxygen atoms in total. The summed E-state index contributed by atoms with van der Waals surface area (Å²) in [6.45, 7) is 0. The first-order chi connectivity index (χ1) is 7.45. The van der Waals surface area contributed by atoms with Crippen LogP contribution in [0.4, 0.5) is 8.78 Å². The Hall–Kier alpha value is -0.750. The third-order valence-electron chi connectivity index (χ3n) is 1.80. The summed E-state index contributed by atoms with van der Waals surface area (Å²) in [4.78, 5) is 14.2. The van der Waals surface area contributed by atoms with Gasteiger partial charge in [-0.1, -0.05) is 0 Å². The second kappa shape index (κ2) is 5.54. The summed E-state index contributed by atoms with van der Waals surface area (Å²) in [7, 11) is 0. The van der Waals surface area contributed by atoms with Gasteiger partial charge < -0.3 is 5.11 Å². The van der Waals surface area contributed by atoms with E-state index < -0.39 is 18.1 Å². The van der Waals surface area contributed by atoms with Crippen LogP contribution in [-0.4, -0.2) is 16.1 Å². The van der Waals surface area contributed by atoms with Crippen molar-refractivity contribution in [2.75, 3.05) is 0 Å². The molecule has 0 saturated carbocycles. The van der Waals surface area contributed by atoms with Crippen molar-refractivity contribution in [2.45, 2.75) is 18.7 Å². The number of nitrogens with zero attached hydrogens (tertiary/aromatic N) is 1. The second-order valence-corrected chi connectivity index (χ2v) is 4.04. The molecule has 0 aromatic carbocycles. The molecule has 0 unspecified atom stereocenters. The van der Waals surface area contributed by atoms with E-state index in [9.17, 15) is 13.6 Å². The van der Waals surface area contributed by atoms with Crippen molar-refractivity contribution >= 4 is 33.5 Å². The maximum absolute atomic E-state index is 12.6. The molecule has 0 bridgehead atoms. The molecular formula is C9H7BrClF2NO2. The summed E-state index contributed by atoms with van der Waals surface area (Å²) in [6.07, 6.45) is -3.13. The Labute approximate surface area is 104 Å². The molecule has 1 N–H and O–H groups in total. The van der Waals surface area contributed by atoms with Gasteiger partial charge in [-0.05, 0) is 27.6 Å². The van der Waals surface area contributed by atoms with E-state index in [1.165, 1.54) is 6.07 Å². The molecule has 0 saturated heterocycles. The molecule has 0 aliphatic heterocycles. The summed E-state index contributed by atoms with van der Waals surface area (Å²) in [5, 5.41) is 8.62. The van der Waals surface area contributed by atoms with Gasteiger partial charge in [-0.2, -0.15) is 0 Å². The zero-order chi connectivity index (χ0) is 12.3. The van der Waals surface area contributed by atoms with Crippen LogP contribution >= 0.6 is 27.5 Å². The average molecular weight is 315 g/mol. The van der Waals surface area contributed by atoms with Crippen molar-refractivity contribution in [3.8, 4) is 0 Å². The van der Waals surface area contributed by atoms with Crippen LogP contribution < -0.4 is 0 Å². The minimum atomic E-state index is -2.77. The van der Waals surface area contributed by atoms with Gasteiger partial charge in [0.2, 0.25) is 0 Å². The SMILES string of the molecule is O=C(O)Cc1cc(CCl)nc(C(F)F)c1Br.